The van der Waals surface area contributed by atoms with Gasteiger partial charge in [0.2, 0.25) is 0 Å². The van der Waals surface area contributed by atoms with Crippen LogP contribution in [-0.4, -0.2) is 30.0 Å². The van der Waals surface area contributed by atoms with Crippen LogP contribution in [-0.2, 0) is 0 Å². The van der Waals surface area contributed by atoms with Crippen LogP contribution in [0.3, 0.4) is 0 Å². The van der Waals surface area contributed by atoms with Crippen molar-refractivity contribution in [2.75, 3.05) is 19.0 Å². The summed E-state index contributed by atoms with van der Waals surface area (Å²) in [6.07, 6.45) is 0. The van der Waals surface area contributed by atoms with Crippen LogP contribution in [0.1, 0.15) is 17.3 Å². The molecule has 1 rings (SSSR count). The molecular weight excluding hydrogens is 286 g/mol. The quantitative estimate of drug-likeness (QED) is 0.820. The lowest BCUT2D eigenvalue weighted by Crippen LogP contribution is -2.28. The van der Waals surface area contributed by atoms with Crippen molar-refractivity contribution in [2.45, 2.75) is 6.92 Å². The standard InChI is InChI=1S/C12H16BrNO3/c1-8(6-13)7-14-12(16)10-4-3-9(17-2)5-11(10)15/h3-5,8,15H,6-7H2,1-2H3,(H,14,16). The molecule has 0 aliphatic carbocycles. The second-order valence-electron chi connectivity index (χ2n) is 3.85. The Balaban J connectivity index is 2.69. The van der Waals surface area contributed by atoms with Crippen molar-refractivity contribution >= 4 is 21.8 Å². The second kappa shape index (κ2) is 6.49. The fraction of sp³-hybridized carbons (Fsp3) is 0.417. The summed E-state index contributed by atoms with van der Waals surface area (Å²) in [5, 5.41) is 13.2. The summed E-state index contributed by atoms with van der Waals surface area (Å²) in [4.78, 5) is 11.8. The number of halogens is 1. The molecule has 2 N–H and O–H groups in total. The largest absolute Gasteiger partial charge is 0.507 e. The Morgan fingerprint density at radius 2 is 2.29 bits per heavy atom. The fourth-order valence-corrected chi connectivity index (χ4v) is 1.48. The van der Waals surface area contributed by atoms with Crippen LogP contribution in [0.25, 0.3) is 0 Å². The lowest BCUT2D eigenvalue weighted by Gasteiger charge is -2.11. The van der Waals surface area contributed by atoms with E-state index in [2.05, 4.69) is 21.2 Å². The molecule has 0 bridgehead atoms. The van der Waals surface area contributed by atoms with Crippen molar-refractivity contribution < 1.29 is 14.6 Å². The number of ether oxygens (including phenoxy) is 1. The van der Waals surface area contributed by atoms with Gasteiger partial charge in [-0.05, 0) is 18.1 Å². The molecule has 0 aliphatic rings. The first-order chi connectivity index (χ1) is 8.08. The molecule has 1 unspecified atom stereocenters. The molecule has 0 fully saturated rings. The van der Waals surface area contributed by atoms with Gasteiger partial charge in [0.05, 0.1) is 12.7 Å². The SMILES string of the molecule is COc1ccc(C(=O)NCC(C)CBr)c(O)c1. The number of hydrogen-bond donors (Lipinski definition) is 2. The number of amides is 1. The molecule has 0 radical (unpaired) electrons. The Hall–Kier alpha value is -1.23. The molecule has 1 amide bonds. The van der Waals surface area contributed by atoms with Gasteiger partial charge in [-0.1, -0.05) is 22.9 Å². The minimum Gasteiger partial charge on any atom is -0.507 e. The Kier molecular flexibility index (Phi) is 5.28. The summed E-state index contributed by atoms with van der Waals surface area (Å²) in [6.45, 7) is 2.58. The van der Waals surface area contributed by atoms with Crippen molar-refractivity contribution in [1.29, 1.82) is 0 Å². The maximum Gasteiger partial charge on any atom is 0.255 e. The average Bonchev–Trinajstić information content (AvgIpc) is 2.35. The molecule has 5 heteroatoms. The van der Waals surface area contributed by atoms with Gasteiger partial charge in [0.25, 0.3) is 5.91 Å². The van der Waals surface area contributed by atoms with Crippen LogP contribution in [0.2, 0.25) is 0 Å². The Labute approximate surface area is 109 Å². The van der Waals surface area contributed by atoms with E-state index in [1.165, 1.54) is 13.2 Å². The molecule has 0 heterocycles. The number of aromatic hydroxyl groups is 1. The zero-order valence-corrected chi connectivity index (χ0v) is 11.5. The highest BCUT2D eigenvalue weighted by Crippen LogP contribution is 2.23. The molecule has 0 spiro atoms. The van der Waals surface area contributed by atoms with Crippen molar-refractivity contribution in [2.24, 2.45) is 5.92 Å². The van der Waals surface area contributed by atoms with Gasteiger partial charge in [-0.25, -0.2) is 0 Å². The number of benzene rings is 1. The topological polar surface area (TPSA) is 58.6 Å². The molecule has 0 aliphatic heterocycles. The molecule has 0 saturated carbocycles. The predicted octanol–water partition coefficient (Wildman–Crippen LogP) is 2.16. The predicted molar refractivity (Wildman–Crippen MR) is 70.0 cm³/mol. The molecular formula is C12H16BrNO3. The van der Waals surface area contributed by atoms with Crippen molar-refractivity contribution in [1.82, 2.24) is 5.32 Å². The first-order valence-electron chi connectivity index (χ1n) is 5.29. The highest BCUT2D eigenvalue weighted by molar-refractivity contribution is 9.09. The zero-order valence-electron chi connectivity index (χ0n) is 9.87. The maximum absolute atomic E-state index is 11.8. The van der Waals surface area contributed by atoms with E-state index in [4.69, 9.17) is 4.74 Å². The summed E-state index contributed by atoms with van der Waals surface area (Å²) in [6, 6.07) is 4.60. The van der Waals surface area contributed by atoms with Gasteiger partial charge in [-0.3, -0.25) is 4.79 Å². The highest BCUT2D eigenvalue weighted by Gasteiger charge is 2.12. The molecule has 0 aromatic heterocycles. The minimum absolute atomic E-state index is 0.0756. The molecule has 0 saturated heterocycles. The Morgan fingerprint density at radius 1 is 1.59 bits per heavy atom. The number of methoxy groups -OCH3 is 1. The third-order valence-corrected chi connectivity index (χ3v) is 3.43. The molecule has 1 aromatic carbocycles. The van der Waals surface area contributed by atoms with E-state index < -0.39 is 0 Å². The molecule has 4 nitrogen and oxygen atoms in total. The van der Waals surface area contributed by atoms with Gasteiger partial charge < -0.3 is 15.2 Å². The summed E-state index contributed by atoms with van der Waals surface area (Å²) in [5.41, 5.74) is 0.257. The Bertz CT molecular complexity index is 395. The number of phenols is 1. The van der Waals surface area contributed by atoms with Crippen LogP contribution in [0.4, 0.5) is 0 Å². The number of hydrogen-bond acceptors (Lipinski definition) is 3. The monoisotopic (exact) mass is 301 g/mol. The van der Waals surface area contributed by atoms with E-state index in [9.17, 15) is 9.90 Å². The zero-order chi connectivity index (χ0) is 12.8. The van der Waals surface area contributed by atoms with Gasteiger partial charge in [0.15, 0.2) is 0 Å². The number of rotatable bonds is 5. The third kappa shape index (κ3) is 3.93. The van der Waals surface area contributed by atoms with E-state index in [0.717, 1.165) is 5.33 Å². The van der Waals surface area contributed by atoms with Crippen molar-refractivity contribution in [3.63, 3.8) is 0 Å². The number of alkyl halides is 1. The van der Waals surface area contributed by atoms with Crippen molar-refractivity contribution in [3.05, 3.63) is 23.8 Å². The van der Waals surface area contributed by atoms with Crippen LogP contribution >= 0.6 is 15.9 Å². The average molecular weight is 302 g/mol. The molecule has 1 atom stereocenters. The normalized spacial score (nSPS) is 11.9. The lowest BCUT2D eigenvalue weighted by atomic mass is 10.1. The fourth-order valence-electron chi connectivity index (χ4n) is 1.25. The number of phenolic OH excluding ortho intramolecular Hbond substituents is 1. The molecule has 94 valence electrons. The highest BCUT2D eigenvalue weighted by atomic mass is 79.9. The summed E-state index contributed by atoms with van der Waals surface area (Å²) >= 11 is 3.34. The van der Waals surface area contributed by atoms with E-state index in [-0.39, 0.29) is 17.2 Å². The van der Waals surface area contributed by atoms with Crippen LogP contribution < -0.4 is 10.1 Å². The first kappa shape index (κ1) is 13.8. The van der Waals surface area contributed by atoms with Crippen molar-refractivity contribution in [3.8, 4) is 11.5 Å². The number of carbonyl (C=O) groups excluding carboxylic acids is 1. The molecule has 1 aromatic rings. The minimum atomic E-state index is -0.280. The van der Waals surface area contributed by atoms with Crippen LogP contribution in [0.5, 0.6) is 11.5 Å². The summed E-state index contributed by atoms with van der Waals surface area (Å²) < 4.78 is 4.95. The van der Waals surface area contributed by atoms with Gasteiger partial charge >= 0.3 is 0 Å². The second-order valence-corrected chi connectivity index (χ2v) is 4.50. The van der Waals surface area contributed by atoms with Crippen LogP contribution in [0.15, 0.2) is 18.2 Å². The maximum atomic E-state index is 11.8. The van der Waals surface area contributed by atoms with Crippen LogP contribution in [0, 0.1) is 5.92 Å². The van der Waals surface area contributed by atoms with Gasteiger partial charge in [0.1, 0.15) is 11.5 Å². The number of carbonyl (C=O) groups is 1. The van der Waals surface area contributed by atoms with E-state index in [1.54, 1.807) is 12.1 Å². The molecule has 17 heavy (non-hydrogen) atoms. The lowest BCUT2D eigenvalue weighted by molar-refractivity contribution is 0.0946. The van der Waals surface area contributed by atoms with E-state index in [1.807, 2.05) is 6.92 Å². The third-order valence-electron chi connectivity index (χ3n) is 2.32. The number of nitrogens with one attached hydrogen (secondary N) is 1. The smallest absolute Gasteiger partial charge is 0.255 e. The summed E-state index contributed by atoms with van der Waals surface area (Å²) in [7, 11) is 1.51. The van der Waals surface area contributed by atoms with E-state index >= 15 is 0 Å². The van der Waals surface area contributed by atoms with Gasteiger partial charge in [-0.2, -0.15) is 0 Å². The Morgan fingerprint density at radius 3 is 2.82 bits per heavy atom. The van der Waals surface area contributed by atoms with Gasteiger partial charge in [0, 0.05) is 17.9 Å². The van der Waals surface area contributed by atoms with Gasteiger partial charge in [-0.15, -0.1) is 0 Å². The van der Waals surface area contributed by atoms with E-state index in [0.29, 0.717) is 18.2 Å². The first-order valence-corrected chi connectivity index (χ1v) is 6.41. The summed E-state index contributed by atoms with van der Waals surface area (Å²) in [5.74, 6) is 0.513.